The van der Waals surface area contributed by atoms with Gasteiger partial charge in [0.15, 0.2) is 0 Å². The summed E-state index contributed by atoms with van der Waals surface area (Å²) in [6.07, 6.45) is 7.33. The number of benzene rings is 4. The Morgan fingerprint density at radius 2 is 1.41 bits per heavy atom. The highest BCUT2D eigenvalue weighted by Gasteiger charge is 2.06. The summed E-state index contributed by atoms with van der Waals surface area (Å²) in [4.78, 5) is 9.13. The van der Waals surface area contributed by atoms with Crippen molar-refractivity contribution < 1.29 is 4.74 Å². The zero-order valence-electron chi connectivity index (χ0n) is 21.2. The fourth-order valence-corrected chi connectivity index (χ4v) is 4.30. The summed E-state index contributed by atoms with van der Waals surface area (Å²) >= 11 is 0. The van der Waals surface area contributed by atoms with E-state index in [-0.39, 0.29) is 0 Å². The molecular weight excluding hydrogens is 456 g/mol. The summed E-state index contributed by atoms with van der Waals surface area (Å²) in [7, 11) is 0. The van der Waals surface area contributed by atoms with Gasteiger partial charge >= 0.3 is 0 Å². The third kappa shape index (κ3) is 5.90. The third-order valence-corrected chi connectivity index (χ3v) is 5.95. The van der Waals surface area contributed by atoms with Crippen molar-refractivity contribution in [3.8, 4) is 28.3 Å². The van der Waals surface area contributed by atoms with Crippen molar-refractivity contribution >= 4 is 23.8 Å². The number of aromatic nitrogens is 2. The summed E-state index contributed by atoms with van der Waals surface area (Å²) in [5.41, 5.74) is 8.45. The lowest BCUT2D eigenvalue weighted by atomic mass is 10.1. The van der Waals surface area contributed by atoms with Gasteiger partial charge in [-0.25, -0.2) is 4.68 Å². The van der Waals surface area contributed by atoms with Crippen LogP contribution in [0.3, 0.4) is 0 Å². The lowest BCUT2D eigenvalue weighted by Gasteiger charge is -2.08. The van der Waals surface area contributed by atoms with Gasteiger partial charge in [-0.15, -0.1) is 0 Å². The molecule has 5 nitrogen and oxygen atoms in total. The maximum Gasteiger partial charge on any atom is 0.129 e. The molecule has 0 fully saturated rings. The molecule has 0 atom stereocenters. The van der Waals surface area contributed by atoms with E-state index in [0.717, 1.165) is 45.1 Å². The predicted molar refractivity (Wildman–Crippen MR) is 152 cm³/mol. The van der Waals surface area contributed by atoms with Gasteiger partial charge < -0.3 is 4.74 Å². The van der Waals surface area contributed by atoms with Crippen LogP contribution in [0.1, 0.15) is 16.7 Å². The molecule has 5 rings (SSSR count). The molecular formula is C32H28N4O. The molecule has 0 aliphatic carbocycles. The molecule has 1 aromatic heterocycles. The molecule has 0 saturated heterocycles. The quantitative estimate of drug-likeness (QED) is 0.218. The van der Waals surface area contributed by atoms with Gasteiger partial charge in [-0.3, -0.25) is 9.98 Å². The topological polar surface area (TPSA) is 51.8 Å². The minimum absolute atomic E-state index is 0.708. The monoisotopic (exact) mass is 484 g/mol. The second kappa shape index (κ2) is 10.9. The predicted octanol–water partition coefficient (Wildman–Crippen LogP) is 8.36. The average molecular weight is 485 g/mol. The summed E-state index contributed by atoms with van der Waals surface area (Å²) in [5.74, 6) is 1.43. The highest BCUT2D eigenvalue weighted by Crippen LogP contribution is 2.28. The summed E-state index contributed by atoms with van der Waals surface area (Å²) in [6.45, 7) is 6.25. The summed E-state index contributed by atoms with van der Waals surface area (Å²) in [6, 6.07) is 30.0. The SMILES string of the molecule is Cc1cc(C)c(N=CC=Nc2cccc(Oc3cccc(-n4cc(-c5ccccc5)cn4)c3)c2)c(C)c1. The molecule has 0 saturated carbocycles. The van der Waals surface area contributed by atoms with Gasteiger partial charge in [-0.1, -0.05) is 60.2 Å². The number of aryl methyl sites for hydroxylation is 3. The molecule has 4 aromatic carbocycles. The highest BCUT2D eigenvalue weighted by molar-refractivity contribution is 6.17. The Hall–Kier alpha value is -4.77. The number of hydrogen-bond donors (Lipinski definition) is 0. The Balaban J connectivity index is 1.28. The molecule has 0 aliphatic rings. The number of rotatable bonds is 7. The third-order valence-electron chi connectivity index (χ3n) is 5.95. The van der Waals surface area contributed by atoms with Crippen molar-refractivity contribution in [2.45, 2.75) is 20.8 Å². The minimum atomic E-state index is 0.708. The van der Waals surface area contributed by atoms with E-state index in [1.165, 1.54) is 5.56 Å². The van der Waals surface area contributed by atoms with E-state index in [9.17, 15) is 0 Å². The summed E-state index contributed by atoms with van der Waals surface area (Å²) < 4.78 is 8.00. The smallest absolute Gasteiger partial charge is 0.129 e. The minimum Gasteiger partial charge on any atom is -0.457 e. The van der Waals surface area contributed by atoms with E-state index in [4.69, 9.17) is 4.74 Å². The Morgan fingerprint density at radius 3 is 2.19 bits per heavy atom. The molecule has 5 aromatic rings. The largest absolute Gasteiger partial charge is 0.457 e. The van der Waals surface area contributed by atoms with Crippen LogP contribution in [0.25, 0.3) is 16.8 Å². The normalized spacial score (nSPS) is 11.4. The Labute approximate surface area is 217 Å². The first kappa shape index (κ1) is 23.9. The van der Waals surface area contributed by atoms with Crippen LogP contribution in [0.2, 0.25) is 0 Å². The van der Waals surface area contributed by atoms with Crippen LogP contribution in [-0.2, 0) is 0 Å². The van der Waals surface area contributed by atoms with Crippen LogP contribution in [0.4, 0.5) is 11.4 Å². The van der Waals surface area contributed by atoms with E-state index >= 15 is 0 Å². The number of ether oxygens (including phenoxy) is 1. The highest BCUT2D eigenvalue weighted by atomic mass is 16.5. The molecule has 182 valence electrons. The first-order valence-corrected chi connectivity index (χ1v) is 12.2. The summed E-state index contributed by atoms with van der Waals surface area (Å²) in [5, 5.41) is 4.53. The van der Waals surface area contributed by atoms with E-state index in [1.54, 1.807) is 12.4 Å². The Morgan fingerprint density at radius 1 is 0.703 bits per heavy atom. The molecule has 5 heteroatoms. The van der Waals surface area contributed by atoms with Crippen LogP contribution >= 0.6 is 0 Å². The second-order valence-electron chi connectivity index (χ2n) is 8.94. The van der Waals surface area contributed by atoms with Gasteiger partial charge in [0.2, 0.25) is 0 Å². The van der Waals surface area contributed by atoms with E-state index in [2.05, 4.69) is 60.1 Å². The van der Waals surface area contributed by atoms with Crippen LogP contribution in [0, 0.1) is 20.8 Å². The number of nitrogens with zero attached hydrogens (tertiary/aromatic N) is 4. The van der Waals surface area contributed by atoms with Crippen molar-refractivity contribution in [1.29, 1.82) is 0 Å². The van der Waals surface area contributed by atoms with Crippen molar-refractivity contribution in [1.82, 2.24) is 9.78 Å². The zero-order valence-corrected chi connectivity index (χ0v) is 21.2. The molecule has 0 unspecified atom stereocenters. The Bertz CT molecular complexity index is 1560. The van der Waals surface area contributed by atoms with Gasteiger partial charge in [-0.2, -0.15) is 5.10 Å². The number of hydrogen-bond acceptors (Lipinski definition) is 4. The second-order valence-corrected chi connectivity index (χ2v) is 8.94. The van der Waals surface area contributed by atoms with Crippen molar-refractivity contribution in [2.75, 3.05) is 0 Å². The Kier molecular flexibility index (Phi) is 7.04. The standard InChI is InChI=1S/C32H28N4O/c1-23-17-24(2)32(25(3)18-23)34-16-15-33-28-11-7-13-30(19-28)37-31-14-8-12-29(20-31)36-22-27(21-35-36)26-9-5-4-6-10-26/h4-22H,1-3H3. The lowest BCUT2D eigenvalue weighted by molar-refractivity contribution is 0.482. The van der Waals surface area contributed by atoms with Crippen LogP contribution < -0.4 is 4.74 Å². The van der Waals surface area contributed by atoms with Gasteiger partial charge in [-0.05, 0) is 61.7 Å². The van der Waals surface area contributed by atoms with Gasteiger partial charge in [0.1, 0.15) is 11.5 Å². The van der Waals surface area contributed by atoms with E-state index in [0.29, 0.717) is 5.75 Å². The molecule has 0 amide bonds. The molecule has 0 aliphatic heterocycles. The van der Waals surface area contributed by atoms with Crippen molar-refractivity contribution in [3.05, 3.63) is 120 Å². The van der Waals surface area contributed by atoms with Gasteiger partial charge in [0.05, 0.1) is 23.3 Å². The maximum absolute atomic E-state index is 6.14. The maximum atomic E-state index is 6.14. The van der Waals surface area contributed by atoms with E-state index < -0.39 is 0 Å². The lowest BCUT2D eigenvalue weighted by Crippen LogP contribution is -1.94. The first-order valence-electron chi connectivity index (χ1n) is 12.2. The molecule has 0 N–H and O–H groups in total. The van der Waals surface area contributed by atoms with Gasteiger partial charge in [0.25, 0.3) is 0 Å². The molecule has 37 heavy (non-hydrogen) atoms. The fourth-order valence-electron chi connectivity index (χ4n) is 4.30. The molecule has 0 bridgehead atoms. The molecule has 1 heterocycles. The van der Waals surface area contributed by atoms with Crippen molar-refractivity contribution in [3.63, 3.8) is 0 Å². The first-order chi connectivity index (χ1) is 18.0. The van der Waals surface area contributed by atoms with Crippen molar-refractivity contribution in [2.24, 2.45) is 9.98 Å². The van der Waals surface area contributed by atoms with Crippen LogP contribution in [0.15, 0.2) is 113 Å². The van der Waals surface area contributed by atoms with Crippen LogP contribution in [0.5, 0.6) is 11.5 Å². The average Bonchev–Trinajstić information content (AvgIpc) is 3.39. The van der Waals surface area contributed by atoms with Crippen LogP contribution in [-0.4, -0.2) is 22.2 Å². The number of aliphatic imine (C=N–C) groups is 2. The van der Waals surface area contributed by atoms with Gasteiger partial charge in [0, 0.05) is 36.3 Å². The van der Waals surface area contributed by atoms with E-state index in [1.807, 2.05) is 83.8 Å². The zero-order chi connectivity index (χ0) is 25.6. The fraction of sp³-hybridized carbons (Fsp3) is 0.0938. The molecule has 0 spiro atoms. The molecule has 0 radical (unpaired) electrons.